The molecule has 1 aromatic heterocycles. The Morgan fingerprint density at radius 2 is 1.88 bits per heavy atom. The first-order valence-electron chi connectivity index (χ1n) is 8.11. The first-order chi connectivity index (χ1) is 12.0. The van der Waals surface area contributed by atoms with Crippen LogP contribution in [0.5, 0.6) is 11.5 Å². The lowest BCUT2D eigenvalue weighted by molar-refractivity contribution is -0.134. The number of ether oxygens (including phenoxy) is 1. The average Bonchev–Trinajstić information content (AvgIpc) is 3.05. The SMILES string of the molecule is CC(=O)c1cc2c(OC(=O)CCCCN)c3ccccc3c(O)c2o1. The molecule has 0 amide bonds. The first-order valence-corrected chi connectivity index (χ1v) is 8.11. The number of esters is 1. The molecule has 6 nitrogen and oxygen atoms in total. The second-order valence-electron chi connectivity index (χ2n) is 5.85. The van der Waals surface area contributed by atoms with E-state index in [-0.39, 0.29) is 35.0 Å². The van der Waals surface area contributed by atoms with Crippen molar-refractivity contribution in [1.82, 2.24) is 0 Å². The second-order valence-corrected chi connectivity index (χ2v) is 5.85. The van der Waals surface area contributed by atoms with Gasteiger partial charge in [-0.15, -0.1) is 0 Å². The summed E-state index contributed by atoms with van der Waals surface area (Å²) in [5.74, 6) is -0.365. The predicted molar refractivity (Wildman–Crippen MR) is 93.9 cm³/mol. The summed E-state index contributed by atoms with van der Waals surface area (Å²) in [4.78, 5) is 23.8. The number of benzene rings is 2. The molecular formula is C19H19NO5. The van der Waals surface area contributed by atoms with Crippen molar-refractivity contribution in [2.75, 3.05) is 6.54 Å². The Bertz CT molecular complexity index is 957. The van der Waals surface area contributed by atoms with Crippen LogP contribution < -0.4 is 10.5 Å². The Balaban J connectivity index is 2.14. The van der Waals surface area contributed by atoms with Crippen molar-refractivity contribution in [3.05, 3.63) is 36.1 Å². The van der Waals surface area contributed by atoms with Crippen LogP contribution in [0.3, 0.4) is 0 Å². The van der Waals surface area contributed by atoms with Gasteiger partial charge in [-0.05, 0) is 25.5 Å². The molecule has 0 aliphatic rings. The molecule has 1 heterocycles. The summed E-state index contributed by atoms with van der Waals surface area (Å²) in [6.45, 7) is 1.89. The van der Waals surface area contributed by atoms with E-state index in [2.05, 4.69) is 0 Å². The summed E-state index contributed by atoms with van der Waals surface area (Å²) >= 11 is 0. The zero-order chi connectivity index (χ0) is 18.0. The van der Waals surface area contributed by atoms with Crippen molar-refractivity contribution in [1.29, 1.82) is 0 Å². The Hall–Kier alpha value is -2.86. The molecular weight excluding hydrogens is 322 g/mol. The van der Waals surface area contributed by atoms with Gasteiger partial charge in [-0.3, -0.25) is 9.59 Å². The van der Waals surface area contributed by atoms with E-state index in [4.69, 9.17) is 14.9 Å². The van der Waals surface area contributed by atoms with Gasteiger partial charge >= 0.3 is 5.97 Å². The Labute approximate surface area is 144 Å². The van der Waals surface area contributed by atoms with Crippen molar-refractivity contribution < 1.29 is 23.8 Å². The van der Waals surface area contributed by atoms with Gasteiger partial charge in [-0.1, -0.05) is 24.3 Å². The molecule has 0 spiro atoms. The highest BCUT2D eigenvalue weighted by Gasteiger charge is 2.21. The number of unbranched alkanes of at least 4 members (excludes halogenated alkanes) is 1. The van der Waals surface area contributed by atoms with Crippen LogP contribution in [-0.2, 0) is 4.79 Å². The zero-order valence-corrected chi connectivity index (χ0v) is 13.9. The molecule has 0 saturated carbocycles. The van der Waals surface area contributed by atoms with Gasteiger partial charge in [0.1, 0.15) is 5.75 Å². The van der Waals surface area contributed by atoms with Gasteiger partial charge in [0.25, 0.3) is 0 Å². The fraction of sp³-hybridized carbons (Fsp3) is 0.263. The molecule has 0 atom stereocenters. The predicted octanol–water partition coefficient (Wildman–Crippen LogP) is 3.53. The standard InChI is InChI=1S/C19H19NO5/c1-11(21)15-10-14-18(25-16(22)8-4-5-9-20)13-7-3-2-6-12(13)17(23)19(14)24-15/h2-3,6-7,10,23H,4-5,8-9,20H2,1H3. The molecule has 0 bridgehead atoms. The van der Waals surface area contributed by atoms with Crippen LogP contribution in [0.25, 0.3) is 21.7 Å². The Morgan fingerprint density at radius 1 is 1.16 bits per heavy atom. The third-order valence-corrected chi connectivity index (χ3v) is 4.02. The lowest BCUT2D eigenvalue weighted by atomic mass is 10.1. The molecule has 3 rings (SSSR count). The minimum Gasteiger partial charge on any atom is -0.504 e. The van der Waals surface area contributed by atoms with Gasteiger partial charge in [0, 0.05) is 24.1 Å². The van der Waals surface area contributed by atoms with Gasteiger partial charge in [0.2, 0.25) is 0 Å². The molecule has 0 unspecified atom stereocenters. The number of fused-ring (bicyclic) bond motifs is 2. The number of ketones is 1. The van der Waals surface area contributed by atoms with Crippen molar-refractivity contribution in [2.24, 2.45) is 5.73 Å². The molecule has 3 aromatic rings. The van der Waals surface area contributed by atoms with Crippen LogP contribution in [0.1, 0.15) is 36.7 Å². The van der Waals surface area contributed by atoms with Gasteiger partial charge in [-0.2, -0.15) is 0 Å². The number of phenolic OH excluding ortho intramolecular Hbond substituents is 1. The maximum atomic E-state index is 12.2. The number of hydrogen-bond acceptors (Lipinski definition) is 6. The largest absolute Gasteiger partial charge is 0.504 e. The fourth-order valence-electron chi connectivity index (χ4n) is 2.75. The fourth-order valence-corrected chi connectivity index (χ4v) is 2.75. The third kappa shape index (κ3) is 3.21. The van der Waals surface area contributed by atoms with Gasteiger partial charge in [-0.25, -0.2) is 0 Å². The summed E-state index contributed by atoms with van der Waals surface area (Å²) in [6, 6.07) is 8.48. The summed E-state index contributed by atoms with van der Waals surface area (Å²) in [7, 11) is 0. The molecule has 6 heteroatoms. The molecule has 2 aromatic carbocycles. The number of Topliss-reactive ketones (excluding diaryl/α,β-unsaturated/α-hetero) is 1. The molecule has 0 aliphatic carbocycles. The maximum Gasteiger partial charge on any atom is 0.311 e. The quantitative estimate of drug-likeness (QED) is 0.308. The highest BCUT2D eigenvalue weighted by molar-refractivity contribution is 6.11. The van der Waals surface area contributed by atoms with E-state index in [1.54, 1.807) is 24.3 Å². The minimum atomic E-state index is -0.392. The number of hydrogen-bond donors (Lipinski definition) is 2. The minimum absolute atomic E-state index is 0.0824. The van der Waals surface area contributed by atoms with Crippen molar-refractivity contribution >= 4 is 33.5 Å². The van der Waals surface area contributed by atoms with Gasteiger partial charge < -0.3 is 20.0 Å². The number of carbonyl (C=O) groups excluding carboxylic acids is 2. The van der Waals surface area contributed by atoms with E-state index < -0.39 is 5.97 Å². The Morgan fingerprint density at radius 3 is 2.56 bits per heavy atom. The highest BCUT2D eigenvalue weighted by Crippen LogP contribution is 2.43. The highest BCUT2D eigenvalue weighted by atomic mass is 16.5. The molecule has 0 radical (unpaired) electrons. The van der Waals surface area contributed by atoms with Gasteiger partial charge in [0.05, 0.1) is 5.39 Å². The maximum absolute atomic E-state index is 12.2. The van der Waals surface area contributed by atoms with Crippen LogP contribution in [0.4, 0.5) is 0 Å². The van der Waals surface area contributed by atoms with E-state index in [1.807, 2.05) is 0 Å². The lowest BCUT2D eigenvalue weighted by Crippen LogP contribution is -2.09. The topological polar surface area (TPSA) is 103 Å². The number of phenols is 1. The van der Waals surface area contributed by atoms with E-state index in [0.29, 0.717) is 29.1 Å². The van der Waals surface area contributed by atoms with Crippen LogP contribution in [0, 0.1) is 0 Å². The normalized spacial score (nSPS) is 11.1. The van der Waals surface area contributed by atoms with Crippen molar-refractivity contribution in [2.45, 2.75) is 26.2 Å². The van der Waals surface area contributed by atoms with Crippen LogP contribution in [0.2, 0.25) is 0 Å². The number of aromatic hydroxyl groups is 1. The van der Waals surface area contributed by atoms with E-state index in [9.17, 15) is 14.7 Å². The van der Waals surface area contributed by atoms with E-state index in [0.717, 1.165) is 6.42 Å². The van der Waals surface area contributed by atoms with E-state index >= 15 is 0 Å². The van der Waals surface area contributed by atoms with Crippen molar-refractivity contribution in [3.8, 4) is 11.5 Å². The van der Waals surface area contributed by atoms with Crippen LogP contribution in [-0.4, -0.2) is 23.4 Å². The zero-order valence-electron chi connectivity index (χ0n) is 13.9. The molecule has 0 saturated heterocycles. The summed E-state index contributed by atoms with van der Waals surface area (Å²) in [5.41, 5.74) is 5.57. The average molecular weight is 341 g/mol. The van der Waals surface area contributed by atoms with Crippen LogP contribution >= 0.6 is 0 Å². The lowest BCUT2D eigenvalue weighted by Gasteiger charge is -2.10. The van der Waals surface area contributed by atoms with E-state index in [1.165, 1.54) is 13.0 Å². The van der Waals surface area contributed by atoms with Crippen molar-refractivity contribution in [3.63, 3.8) is 0 Å². The smallest absolute Gasteiger partial charge is 0.311 e. The monoisotopic (exact) mass is 341 g/mol. The summed E-state index contributed by atoms with van der Waals surface area (Å²) in [5, 5.41) is 11.9. The number of rotatable bonds is 6. The first kappa shape index (κ1) is 17.0. The number of nitrogens with two attached hydrogens (primary N) is 1. The number of carbonyl (C=O) groups is 2. The summed E-state index contributed by atoms with van der Waals surface area (Å²) < 4.78 is 11.1. The molecule has 0 aliphatic heterocycles. The third-order valence-electron chi connectivity index (χ3n) is 4.02. The summed E-state index contributed by atoms with van der Waals surface area (Å²) in [6.07, 6.45) is 1.62. The van der Waals surface area contributed by atoms with Gasteiger partial charge in [0.15, 0.2) is 22.9 Å². The molecule has 25 heavy (non-hydrogen) atoms. The number of furan rings is 1. The molecule has 130 valence electrons. The molecule has 3 N–H and O–H groups in total. The van der Waals surface area contributed by atoms with Crippen LogP contribution in [0.15, 0.2) is 34.7 Å². The molecule has 0 fully saturated rings. The Kier molecular flexibility index (Phi) is 4.72. The second kappa shape index (κ2) is 6.94.